The lowest BCUT2D eigenvalue weighted by molar-refractivity contribution is -0.129. The van der Waals surface area contributed by atoms with E-state index in [4.69, 9.17) is 10.5 Å². The number of carbonyl (C=O) groups is 1. The molecule has 0 aliphatic carbocycles. The Morgan fingerprint density at radius 1 is 1.39 bits per heavy atom. The van der Waals surface area contributed by atoms with Crippen molar-refractivity contribution in [1.82, 2.24) is 0 Å². The lowest BCUT2D eigenvalue weighted by Crippen LogP contribution is -2.31. The van der Waals surface area contributed by atoms with Crippen LogP contribution in [0.25, 0.3) is 0 Å². The van der Waals surface area contributed by atoms with Gasteiger partial charge in [0.2, 0.25) is 0 Å². The van der Waals surface area contributed by atoms with E-state index in [1.165, 1.54) is 0 Å². The van der Waals surface area contributed by atoms with Crippen molar-refractivity contribution in [2.24, 2.45) is 0 Å². The molecule has 0 aliphatic heterocycles. The molecule has 0 aliphatic rings. The van der Waals surface area contributed by atoms with Gasteiger partial charge in [-0.05, 0) is 32.4 Å². The highest BCUT2D eigenvalue weighted by molar-refractivity contribution is 5.96. The van der Waals surface area contributed by atoms with Crippen LogP contribution in [0.15, 0.2) is 24.3 Å². The third-order valence-electron chi connectivity index (χ3n) is 2.72. The summed E-state index contributed by atoms with van der Waals surface area (Å²) in [7, 11) is 0. The molecule has 0 saturated heterocycles. The smallest absolute Gasteiger partial charge is 0.253 e. The van der Waals surface area contributed by atoms with Gasteiger partial charge in [0.25, 0.3) is 5.91 Å². The van der Waals surface area contributed by atoms with Crippen LogP contribution < -0.4 is 11.1 Å². The largest absolute Gasteiger partial charge is 0.397 e. The van der Waals surface area contributed by atoms with Crippen LogP contribution in [0.2, 0.25) is 0 Å². The SMILES string of the molecule is CCCC(C)OC(C)C(=O)Nc1ccccc1N. The molecule has 2 unspecified atom stereocenters. The van der Waals surface area contributed by atoms with E-state index >= 15 is 0 Å². The quantitative estimate of drug-likeness (QED) is 0.763. The van der Waals surface area contributed by atoms with Gasteiger partial charge < -0.3 is 15.8 Å². The minimum atomic E-state index is -0.480. The summed E-state index contributed by atoms with van der Waals surface area (Å²) in [6, 6.07) is 7.18. The molecule has 2 atom stereocenters. The van der Waals surface area contributed by atoms with E-state index in [-0.39, 0.29) is 12.0 Å². The van der Waals surface area contributed by atoms with Gasteiger partial charge in [0.15, 0.2) is 0 Å². The first-order valence-corrected chi connectivity index (χ1v) is 6.35. The van der Waals surface area contributed by atoms with Gasteiger partial charge in [-0.25, -0.2) is 0 Å². The fourth-order valence-electron chi connectivity index (χ4n) is 1.73. The Morgan fingerprint density at radius 3 is 2.67 bits per heavy atom. The average molecular weight is 250 g/mol. The van der Waals surface area contributed by atoms with Gasteiger partial charge in [-0.3, -0.25) is 4.79 Å². The van der Waals surface area contributed by atoms with E-state index in [1.807, 2.05) is 19.1 Å². The van der Waals surface area contributed by atoms with Crippen molar-refractivity contribution < 1.29 is 9.53 Å². The van der Waals surface area contributed by atoms with E-state index in [0.29, 0.717) is 11.4 Å². The molecule has 18 heavy (non-hydrogen) atoms. The zero-order valence-electron chi connectivity index (χ0n) is 11.3. The number of anilines is 2. The average Bonchev–Trinajstić information content (AvgIpc) is 2.32. The van der Waals surface area contributed by atoms with Crippen LogP contribution >= 0.6 is 0 Å². The van der Waals surface area contributed by atoms with Crippen molar-refractivity contribution in [3.05, 3.63) is 24.3 Å². The maximum atomic E-state index is 11.9. The standard InChI is InChI=1S/C14H22N2O2/c1-4-7-10(2)18-11(3)14(17)16-13-9-6-5-8-12(13)15/h5-6,8-11H,4,7,15H2,1-3H3,(H,16,17). The zero-order chi connectivity index (χ0) is 13.5. The number of hydrogen-bond acceptors (Lipinski definition) is 3. The molecule has 4 nitrogen and oxygen atoms in total. The molecule has 100 valence electrons. The summed E-state index contributed by atoms with van der Waals surface area (Å²) in [6.07, 6.45) is 1.60. The summed E-state index contributed by atoms with van der Waals surface area (Å²) in [6.45, 7) is 5.82. The molecular weight excluding hydrogens is 228 g/mol. The van der Waals surface area contributed by atoms with Crippen LogP contribution in [0.4, 0.5) is 11.4 Å². The van der Waals surface area contributed by atoms with Gasteiger partial charge >= 0.3 is 0 Å². The Labute approximate surface area is 109 Å². The van der Waals surface area contributed by atoms with Crippen LogP contribution in [-0.2, 0) is 9.53 Å². The fraction of sp³-hybridized carbons (Fsp3) is 0.500. The van der Waals surface area contributed by atoms with Crippen LogP contribution in [-0.4, -0.2) is 18.1 Å². The van der Waals surface area contributed by atoms with Crippen molar-refractivity contribution >= 4 is 17.3 Å². The van der Waals surface area contributed by atoms with E-state index < -0.39 is 6.10 Å². The van der Waals surface area contributed by atoms with Gasteiger partial charge in [0.1, 0.15) is 6.10 Å². The summed E-state index contributed by atoms with van der Waals surface area (Å²) in [4.78, 5) is 11.9. The molecule has 1 rings (SSSR count). The van der Waals surface area contributed by atoms with Crippen molar-refractivity contribution in [1.29, 1.82) is 0 Å². The third kappa shape index (κ3) is 4.37. The van der Waals surface area contributed by atoms with Gasteiger partial charge in [-0.1, -0.05) is 25.5 Å². The normalized spacial score (nSPS) is 13.9. The Morgan fingerprint density at radius 2 is 2.06 bits per heavy atom. The summed E-state index contributed by atoms with van der Waals surface area (Å²) in [5.74, 6) is -0.171. The van der Waals surface area contributed by atoms with Gasteiger partial charge in [-0.2, -0.15) is 0 Å². The number of ether oxygens (including phenoxy) is 1. The summed E-state index contributed by atoms with van der Waals surface area (Å²) >= 11 is 0. The van der Waals surface area contributed by atoms with Gasteiger partial charge in [0.05, 0.1) is 17.5 Å². The molecule has 1 aromatic rings. The van der Waals surface area contributed by atoms with Crippen LogP contribution in [0.3, 0.4) is 0 Å². The first-order chi connectivity index (χ1) is 8.54. The topological polar surface area (TPSA) is 64.3 Å². The predicted octanol–water partition coefficient (Wildman–Crippen LogP) is 2.80. The maximum Gasteiger partial charge on any atom is 0.253 e. The molecule has 1 aromatic carbocycles. The molecule has 0 fully saturated rings. The van der Waals surface area contributed by atoms with Crippen molar-refractivity contribution in [2.75, 3.05) is 11.1 Å². The second kappa shape index (κ2) is 7.01. The number of rotatable bonds is 6. The Bertz CT molecular complexity index is 393. The first-order valence-electron chi connectivity index (χ1n) is 6.35. The molecule has 4 heteroatoms. The minimum Gasteiger partial charge on any atom is -0.397 e. The van der Waals surface area contributed by atoms with E-state index in [2.05, 4.69) is 12.2 Å². The number of hydrogen-bond donors (Lipinski definition) is 2. The Balaban J connectivity index is 2.52. The predicted molar refractivity (Wildman–Crippen MR) is 74.4 cm³/mol. The lowest BCUT2D eigenvalue weighted by atomic mass is 10.2. The Kier molecular flexibility index (Phi) is 5.65. The number of nitrogens with one attached hydrogen (secondary N) is 1. The molecule has 0 spiro atoms. The summed E-state index contributed by atoms with van der Waals surface area (Å²) in [5.41, 5.74) is 6.94. The second-order valence-electron chi connectivity index (χ2n) is 4.45. The second-order valence-corrected chi connectivity index (χ2v) is 4.45. The van der Waals surface area contributed by atoms with Crippen LogP contribution in [0.1, 0.15) is 33.6 Å². The molecule has 0 saturated carbocycles. The number of nitrogens with two attached hydrogens (primary N) is 1. The first kappa shape index (κ1) is 14.5. The van der Waals surface area contributed by atoms with Gasteiger partial charge in [-0.15, -0.1) is 0 Å². The monoisotopic (exact) mass is 250 g/mol. The van der Waals surface area contributed by atoms with Crippen molar-refractivity contribution in [3.8, 4) is 0 Å². The highest BCUT2D eigenvalue weighted by Crippen LogP contribution is 2.17. The van der Waals surface area contributed by atoms with Crippen LogP contribution in [0.5, 0.6) is 0 Å². The van der Waals surface area contributed by atoms with Crippen molar-refractivity contribution in [3.63, 3.8) is 0 Å². The summed E-state index contributed by atoms with van der Waals surface area (Å²) in [5, 5.41) is 2.77. The zero-order valence-corrected chi connectivity index (χ0v) is 11.3. The number of para-hydroxylation sites is 2. The molecule has 0 bridgehead atoms. The highest BCUT2D eigenvalue weighted by atomic mass is 16.5. The van der Waals surface area contributed by atoms with Gasteiger partial charge in [0, 0.05) is 0 Å². The molecule has 1 amide bonds. The Hall–Kier alpha value is -1.55. The molecule has 0 aromatic heterocycles. The van der Waals surface area contributed by atoms with E-state index in [9.17, 15) is 4.79 Å². The van der Waals surface area contributed by atoms with E-state index in [0.717, 1.165) is 12.8 Å². The van der Waals surface area contributed by atoms with Crippen molar-refractivity contribution in [2.45, 2.75) is 45.8 Å². The maximum absolute atomic E-state index is 11.9. The molecule has 0 radical (unpaired) electrons. The van der Waals surface area contributed by atoms with E-state index in [1.54, 1.807) is 19.1 Å². The number of benzene rings is 1. The fourth-order valence-corrected chi connectivity index (χ4v) is 1.73. The number of amides is 1. The van der Waals surface area contributed by atoms with Crippen LogP contribution in [0, 0.1) is 0 Å². The summed E-state index contributed by atoms with van der Waals surface area (Å²) < 4.78 is 5.61. The highest BCUT2D eigenvalue weighted by Gasteiger charge is 2.16. The minimum absolute atomic E-state index is 0.0869. The molecule has 3 N–H and O–H groups in total. The molecule has 0 heterocycles. The third-order valence-corrected chi connectivity index (χ3v) is 2.72. The molecular formula is C14H22N2O2. The lowest BCUT2D eigenvalue weighted by Gasteiger charge is -2.18. The number of carbonyl (C=O) groups excluding carboxylic acids is 1. The number of nitrogen functional groups attached to an aromatic ring is 1.